The lowest BCUT2D eigenvalue weighted by molar-refractivity contribution is -0.138. The van der Waals surface area contributed by atoms with Crippen LogP contribution in [-0.2, 0) is 57.6 Å². The van der Waals surface area contributed by atoms with Gasteiger partial charge in [-0.1, -0.05) is 103 Å². The van der Waals surface area contributed by atoms with Crippen LogP contribution >= 0.6 is 0 Å². The minimum Gasteiger partial charge on any atom is -0.481 e. The Balaban J connectivity index is 0.960. The van der Waals surface area contributed by atoms with Gasteiger partial charge in [0.1, 0.15) is 36.8 Å². The zero-order chi connectivity index (χ0) is 54.9. The number of H-pyrrole nitrogens is 3. The highest BCUT2D eigenvalue weighted by molar-refractivity contribution is 5.98. The van der Waals surface area contributed by atoms with Gasteiger partial charge in [0.25, 0.3) is 0 Å². The second-order valence-electron chi connectivity index (χ2n) is 19.2. The Morgan fingerprint density at radius 3 is 1.23 bits per heavy atom. The number of rotatable bonds is 24. The van der Waals surface area contributed by atoms with Gasteiger partial charge in [0.2, 0.25) is 29.5 Å². The zero-order valence-corrected chi connectivity index (χ0v) is 42.0. The van der Waals surface area contributed by atoms with E-state index in [-0.39, 0.29) is 31.8 Å². The van der Waals surface area contributed by atoms with Gasteiger partial charge in [-0.15, -0.1) is 0 Å². The van der Waals surface area contributed by atoms with E-state index in [1.54, 1.807) is 48.9 Å². The van der Waals surface area contributed by atoms with E-state index in [9.17, 15) is 48.6 Å². The van der Waals surface area contributed by atoms with E-state index in [0.717, 1.165) is 44.1 Å². The van der Waals surface area contributed by atoms with Crippen molar-refractivity contribution in [1.82, 2.24) is 41.5 Å². The number of carboxylic acid groups (broad SMARTS) is 2. The van der Waals surface area contributed by atoms with Crippen molar-refractivity contribution in [1.29, 1.82) is 0 Å². The molecule has 20 heteroatoms. The molecule has 5 atom stereocenters. The number of amides is 6. The molecule has 5 aromatic carbocycles. The van der Waals surface area contributed by atoms with Crippen LogP contribution in [-0.4, -0.2) is 110 Å². The van der Waals surface area contributed by atoms with Crippen molar-refractivity contribution in [2.24, 2.45) is 5.73 Å². The average molecular weight is 1060 g/mol. The normalized spacial score (nSPS) is 13.8. The minimum atomic E-state index is -1.62. The molecule has 0 aliphatic heterocycles. The number of carbonyl (C=O) groups is 8. The van der Waals surface area contributed by atoms with Gasteiger partial charge in [-0.05, 0) is 70.0 Å². The molecule has 0 unspecified atom stereocenters. The Hall–Kier alpha value is -9.72. The number of nitrogens with two attached hydrogens (primary N) is 1. The van der Waals surface area contributed by atoms with Crippen molar-refractivity contribution < 1.29 is 53.3 Å². The van der Waals surface area contributed by atoms with Gasteiger partial charge in [-0.3, -0.25) is 33.6 Å². The molecule has 12 N–H and O–H groups in total. The molecule has 0 saturated heterocycles. The Kier molecular flexibility index (Phi) is 16.3. The number of alkyl carbamates (subject to hydrolysis) is 1. The quantitative estimate of drug-likeness (QED) is 0.0373. The third-order valence-corrected chi connectivity index (χ3v) is 14.1. The number of benzene rings is 5. The molecule has 0 bridgehead atoms. The Morgan fingerprint density at radius 1 is 0.462 bits per heavy atom. The first-order valence-electron chi connectivity index (χ1n) is 25.4. The van der Waals surface area contributed by atoms with Gasteiger partial charge >= 0.3 is 18.0 Å². The van der Waals surface area contributed by atoms with Crippen molar-refractivity contribution >= 4 is 80.3 Å². The molecule has 3 heterocycles. The van der Waals surface area contributed by atoms with Crippen molar-refractivity contribution in [2.45, 2.75) is 81.1 Å². The van der Waals surface area contributed by atoms with E-state index < -0.39 is 103 Å². The first-order chi connectivity index (χ1) is 37.7. The van der Waals surface area contributed by atoms with Gasteiger partial charge in [0.15, 0.2) is 0 Å². The summed E-state index contributed by atoms with van der Waals surface area (Å²) in [6.45, 7) is -0.0691. The predicted molar refractivity (Wildman–Crippen MR) is 289 cm³/mol. The van der Waals surface area contributed by atoms with Crippen LogP contribution in [0.15, 0.2) is 140 Å². The highest BCUT2D eigenvalue weighted by Gasteiger charge is 2.35. The topological polar surface area (TPSA) is 320 Å². The molecule has 400 valence electrons. The van der Waals surface area contributed by atoms with Crippen LogP contribution in [0, 0.1) is 0 Å². The number of aromatic amines is 3. The van der Waals surface area contributed by atoms with E-state index in [1.165, 1.54) is 0 Å². The third-order valence-electron chi connectivity index (χ3n) is 14.1. The number of hydrogen-bond acceptors (Lipinski definition) is 9. The summed E-state index contributed by atoms with van der Waals surface area (Å²) in [5.74, 6) is -7.53. The molecule has 6 amide bonds. The molecule has 78 heavy (non-hydrogen) atoms. The van der Waals surface area contributed by atoms with E-state index >= 15 is 0 Å². The highest BCUT2D eigenvalue weighted by atomic mass is 16.5. The lowest BCUT2D eigenvalue weighted by Crippen LogP contribution is -2.59. The van der Waals surface area contributed by atoms with Gasteiger partial charge in [0, 0.05) is 89.3 Å². The molecule has 9 rings (SSSR count). The second-order valence-corrected chi connectivity index (χ2v) is 19.2. The van der Waals surface area contributed by atoms with Crippen LogP contribution in [0.3, 0.4) is 0 Å². The number of carbonyl (C=O) groups excluding carboxylic acids is 6. The van der Waals surface area contributed by atoms with Crippen LogP contribution in [0.2, 0.25) is 0 Å². The van der Waals surface area contributed by atoms with Crippen molar-refractivity contribution in [3.05, 3.63) is 168 Å². The zero-order valence-electron chi connectivity index (χ0n) is 42.0. The van der Waals surface area contributed by atoms with Gasteiger partial charge in [-0.25, -0.2) is 4.79 Å². The largest absolute Gasteiger partial charge is 0.481 e. The Labute approximate surface area is 445 Å². The van der Waals surface area contributed by atoms with Crippen molar-refractivity contribution in [3.63, 3.8) is 0 Å². The van der Waals surface area contributed by atoms with Crippen LogP contribution in [0.1, 0.15) is 59.4 Å². The molecule has 0 saturated carbocycles. The molecule has 1 aliphatic rings. The third kappa shape index (κ3) is 12.3. The van der Waals surface area contributed by atoms with Gasteiger partial charge in [0.05, 0.1) is 0 Å². The lowest BCUT2D eigenvalue weighted by atomic mass is 9.98. The smallest absolute Gasteiger partial charge is 0.407 e. The van der Waals surface area contributed by atoms with Gasteiger partial charge < -0.3 is 62.2 Å². The number of ether oxygens (including phenoxy) is 1. The van der Waals surface area contributed by atoms with E-state index in [1.807, 2.05) is 91.0 Å². The van der Waals surface area contributed by atoms with E-state index in [0.29, 0.717) is 27.6 Å². The van der Waals surface area contributed by atoms with Crippen LogP contribution in [0.25, 0.3) is 43.8 Å². The summed E-state index contributed by atoms with van der Waals surface area (Å²) in [7, 11) is 0. The predicted octanol–water partition coefficient (Wildman–Crippen LogP) is 5.22. The maximum absolute atomic E-state index is 14.7. The summed E-state index contributed by atoms with van der Waals surface area (Å²) in [5, 5.41) is 34.9. The number of fused-ring (bicyclic) bond motifs is 6. The van der Waals surface area contributed by atoms with Crippen LogP contribution in [0.5, 0.6) is 0 Å². The van der Waals surface area contributed by atoms with E-state index in [2.05, 4.69) is 41.5 Å². The number of primary amides is 1. The van der Waals surface area contributed by atoms with Crippen molar-refractivity contribution in [2.75, 3.05) is 6.61 Å². The first-order valence-corrected chi connectivity index (χ1v) is 25.4. The fourth-order valence-corrected chi connectivity index (χ4v) is 10.1. The highest BCUT2D eigenvalue weighted by Crippen LogP contribution is 2.44. The maximum Gasteiger partial charge on any atom is 0.407 e. The first kappa shape index (κ1) is 53.1. The molecular weight excluding hydrogens is 999 g/mol. The van der Waals surface area contributed by atoms with E-state index in [4.69, 9.17) is 10.5 Å². The molecule has 3 aromatic heterocycles. The molecule has 1 aliphatic carbocycles. The summed E-state index contributed by atoms with van der Waals surface area (Å²) in [5.41, 5.74) is 13.8. The maximum atomic E-state index is 14.7. The Bertz CT molecular complexity index is 3520. The van der Waals surface area contributed by atoms with Gasteiger partial charge in [-0.2, -0.15) is 0 Å². The fourth-order valence-electron chi connectivity index (χ4n) is 10.1. The SMILES string of the molecule is NC(=O)[C@H](Cc1c[nH]c2ccccc12)NC(=O)[C@H](CCC(=O)O)NC(=O)[C@H](Cc1c[nH]c2ccccc12)NC(=O)[C@H](CCC(=O)O)NC(=O)[C@H](Cc1c[nH]c2ccccc12)NC(=O)OCC1c2ccccc2-c2ccccc21. The summed E-state index contributed by atoms with van der Waals surface area (Å²) in [6, 6.07) is 29.9. The molecule has 8 aromatic rings. The van der Waals surface area contributed by atoms with Crippen molar-refractivity contribution in [3.8, 4) is 11.1 Å². The minimum absolute atomic E-state index is 0.0444. The second kappa shape index (κ2) is 23.9. The summed E-state index contributed by atoms with van der Waals surface area (Å²) < 4.78 is 5.84. The fraction of sp³-hybridized carbons (Fsp3) is 0.241. The number of aromatic nitrogens is 3. The molecular formula is C58H57N9O11. The Morgan fingerprint density at radius 2 is 0.808 bits per heavy atom. The monoisotopic (exact) mass is 1060 g/mol. The molecule has 0 spiro atoms. The molecule has 0 fully saturated rings. The number of para-hydroxylation sites is 3. The number of nitrogens with one attached hydrogen (secondary N) is 8. The summed E-state index contributed by atoms with van der Waals surface area (Å²) >= 11 is 0. The number of carboxylic acids is 2. The summed E-state index contributed by atoms with van der Waals surface area (Å²) in [6.07, 6.45) is 1.59. The number of hydrogen-bond donors (Lipinski definition) is 11. The summed E-state index contributed by atoms with van der Waals surface area (Å²) in [4.78, 5) is 118. The molecule has 20 nitrogen and oxygen atoms in total. The molecule has 0 radical (unpaired) electrons. The number of aliphatic carboxylic acids is 2. The standard InChI is InChI=1S/C58H57N9O11/c59-53(72)48(25-32-28-60-43-18-8-5-11-35(32)43)65-54(73)46(21-23-51(68)69)63-56(75)49(26-33-29-61-44-19-9-6-12-36(33)44)66-55(74)47(22-24-52(70)71)64-57(76)50(27-34-30-62-45-20-10-7-13-37(34)45)67-58(77)78-31-42-40-16-3-1-14-38(40)39-15-2-4-17-41(39)42/h1-20,28-30,42,46-50,60-62H,21-27,31H2,(H2,59,72)(H,63,75)(H,64,76)(H,65,73)(H,66,74)(H,67,77)(H,68,69)(H,70,71)/t46-,47-,48-,49-,50-/m0/s1. The van der Waals surface area contributed by atoms with Crippen LogP contribution < -0.4 is 32.3 Å². The van der Waals surface area contributed by atoms with Crippen LogP contribution in [0.4, 0.5) is 4.79 Å². The average Bonchev–Trinajstić information content (AvgIpc) is 4.38. The lowest BCUT2D eigenvalue weighted by Gasteiger charge is -2.27.